The number of benzene rings is 5. The van der Waals surface area contributed by atoms with E-state index < -0.39 is 0 Å². The molecule has 0 bridgehead atoms. The standard InChI is InChI=1S/C55H59NO4S/c1-8-11-12-13-14-46-35-54(61-55(46)44-19-17-42(18-20-44)53-34-45-16-15-39(36-57)33-52(45)60-53)43-23-29-48(30-24-43)56(38(5)50(9-2)37(4)51(10-3)59-7)47-27-21-40(22-28-47)41-25-31-49(58-6)32-26-41/h10,15-38,50H,8-9,11-14H2,1-7H3/b51-10-/t37?,38-,50-/m1/s1. The van der Waals surface area contributed by atoms with Crippen LogP contribution in [0.2, 0.25) is 0 Å². The number of nitrogens with zero attached hydrogens (tertiary/aromatic N) is 1. The number of allylic oxidation sites excluding steroid dienone is 2. The van der Waals surface area contributed by atoms with Crippen LogP contribution >= 0.6 is 11.3 Å². The number of anilines is 2. The summed E-state index contributed by atoms with van der Waals surface area (Å²) in [5.41, 5.74) is 10.9. The summed E-state index contributed by atoms with van der Waals surface area (Å²) in [7, 11) is 3.49. The molecule has 0 spiro atoms. The van der Waals surface area contributed by atoms with Crippen LogP contribution in [0.3, 0.4) is 0 Å². The fourth-order valence-electron chi connectivity index (χ4n) is 8.88. The summed E-state index contributed by atoms with van der Waals surface area (Å²) in [5.74, 6) is 3.28. The lowest BCUT2D eigenvalue weighted by molar-refractivity contribution is 0.112. The van der Waals surface area contributed by atoms with E-state index in [-0.39, 0.29) is 12.0 Å². The molecule has 6 heteroatoms. The van der Waals surface area contributed by atoms with Gasteiger partial charge in [0.25, 0.3) is 0 Å². The molecule has 0 fully saturated rings. The van der Waals surface area contributed by atoms with Crippen LogP contribution in [-0.4, -0.2) is 26.5 Å². The Hall–Kier alpha value is -5.85. The smallest absolute Gasteiger partial charge is 0.150 e. The molecule has 2 heterocycles. The van der Waals surface area contributed by atoms with E-state index in [4.69, 9.17) is 13.9 Å². The van der Waals surface area contributed by atoms with E-state index in [1.54, 1.807) is 20.3 Å². The molecule has 0 saturated heterocycles. The predicted octanol–water partition coefficient (Wildman–Crippen LogP) is 15.8. The number of carbonyl (C=O) groups excluding carboxylic acids is 1. The largest absolute Gasteiger partial charge is 0.501 e. The van der Waals surface area contributed by atoms with E-state index in [1.165, 1.54) is 63.4 Å². The second-order valence-corrected chi connectivity index (χ2v) is 17.1. The summed E-state index contributed by atoms with van der Waals surface area (Å²) >= 11 is 1.88. The van der Waals surface area contributed by atoms with Crippen molar-refractivity contribution < 1.29 is 18.7 Å². The SMILES string of the molecule is C/C=C(\OC)C(C)[C@@H](CC)[C@@H](C)N(c1ccc(-c2ccc(OC)cc2)cc1)c1ccc(-c2cc(CCCCCC)c(-c3ccc(-c4cc5ccc(C=O)cc5o4)cc3)s2)cc1. The molecule has 61 heavy (non-hydrogen) atoms. The number of fused-ring (bicyclic) bond motifs is 1. The maximum Gasteiger partial charge on any atom is 0.150 e. The molecule has 0 radical (unpaired) electrons. The molecule has 2 aromatic heterocycles. The Balaban J connectivity index is 1.21. The van der Waals surface area contributed by atoms with Gasteiger partial charge in [-0.1, -0.05) is 119 Å². The van der Waals surface area contributed by atoms with Crippen LogP contribution in [0.25, 0.3) is 54.3 Å². The summed E-state index contributed by atoms with van der Waals surface area (Å²) in [6, 6.07) is 45.4. The minimum atomic E-state index is 0.183. The Morgan fingerprint density at radius 2 is 1.34 bits per heavy atom. The van der Waals surface area contributed by atoms with Crippen molar-refractivity contribution in [3.05, 3.63) is 150 Å². The molecular formula is C55H59NO4S. The molecule has 0 aliphatic rings. The predicted molar refractivity (Wildman–Crippen MR) is 257 cm³/mol. The third kappa shape index (κ3) is 9.71. The van der Waals surface area contributed by atoms with Gasteiger partial charge in [-0.05, 0) is 121 Å². The molecule has 0 aliphatic heterocycles. The van der Waals surface area contributed by atoms with Crippen molar-refractivity contribution in [2.24, 2.45) is 11.8 Å². The maximum atomic E-state index is 11.3. The second kappa shape index (κ2) is 20.1. The molecule has 314 valence electrons. The van der Waals surface area contributed by atoms with Crippen molar-refractivity contribution in [2.75, 3.05) is 19.1 Å². The monoisotopic (exact) mass is 829 g/mol. The third-order valence-electron chi connectivity index (χ3n) is 12.3. The van der Waals surface area contributed by atoms with E-state index in [1.807, 2.05) is 41.7 Å². The Morgan fingerprint density at radius 1 is 0.721 bits per heavy atom. The fraction of sp³-hybridized carbons (Fsp3) is 0.291. The van der Waals surface area contributed by atoms with Gasteiger partial charge in [-0.2, -0.15) is 0 Å². The molecule has 0 N–H and O–H groups in total. The molecule has 5 nitrogen and oxygen atoms in total. The van der Waals surface area contributed by atoms with Gasteiger partial charge in [-0.3, -0.25) is 4.79 Å². The molecule has 3 atom stereocenters. The molecule has 7 aromatic rings. The molecule has 0 aliphatic carbocycles. The number of thiophene rings is 1. The minimum Gasteiger partial charge on any atom is -0.501 e. The van der Waals surface area contributed by atoms with Crippen molar-refractivity contribution in [3.8, 4) is 49.1 Å². The van der Waals surface area contributed by atoms with Gasteiger partial charge in [-0.25, -0.2) is 0 Å². The highest BCUT2D eigenvalue weighted by atomic mass is 32.1. The van der Waals surface area contributed by atoms with Crippen LogP contribution in [0.15, 0.2) is 144 Å². The molecule has 7 rings (SSSR count). The Bertz CT molecular complexity index is 2530. The first-order valence-electron chi connectivity index (χ1n) is 21.9. The van der Waals surface area contributed by atoms with Gasteiger partial charge < -0.3 is 18.8 Å². The number of ether oxygens (including phenoxy) is 2. The zero-order valence-electron chi connectivity index (χ0n) is 36.7. The number of methoxy groups -OCH3 is 2. The Morgan fingerprint density at radius 3 is 1.93 bits per heavy atom. The average Bonchev–Trinajstić information content (AvgIpc) is 3.94. The lowest BCUT2D eigenvalue weighted by Crippen LogP contribution is -2.38. The van der Waals surface area contributed by atoms with E-state index in [9.17, 15) is 4.79 Å². The summed E-state index contributed by atoms with van der Waals surface area (Å²) in [4.78, 5) is 16.5. The van der Waals surface area contributed by atoms with E-state index in [2.05, 4.69) is 137 Å². The number of furan rings is 1. The number of hydrogen-bond donors (Lipinski definition) is 0. The number of aryl methyl sites for hydroxylation is 1. The maximum absolute atomic E-state index is 11.3. The molecule has 0 amide bonds. The van der Waals surface area contributed by atoms with Crippen LogP contribution in [0.1, 0.15) is 82.6 Å². The minimum absolute atomic E-state index is 0.183. The zero-order chi connectivity index (χ0) is 42.9. The van der Waals surface area contributed by atoms with Gasteiger partial charge in [0, 0.05) is 49.6 Å². The second-order valence-electron chi connectivity index (χ2n) is 16.1. The Kier molecular flexibility index (Phi) is 14.3. The topological polar surface area (TPSA) is 51.9 Å². The third-order valence-corrected chi connectivity index (χ3v) is 13.6. The fourth-order valence-corrected chi connectivity index (χ4v) is 10.1. The van der Waals surface area contributed by atoms with Crippen molar-refractivity contribution in [3.63, 3.8) is 0 Å². The van der Waals surface area contributed by atoms with E-state index in [0.29, 0.717) is 11.5 Å². The highest BCUT2D eigenvalue weighted by molar-refractivity contribution is 7.19. The van der Waals surface area contributed by atoms with Crippen LogP contribution in [-0.2, 0) is 11.2 Å². The molecule has 0 saturated carbocycles. The lowest BCUT2D eigenvalue weighted by atomic mass is 9.83. The zero-order valence-corrected chi connectivity index (χ0v) is 37.6. The van der Waals surface area contributed by atoms with Crippen molar-refractivity contribution in [1.29, 1.82) is 0 Å². The van der Waals surface area contributed by atoms with Crippen molar-refractivity contribution in [1.82, 2.24) is 0 Å². The van der Waals surface area contributed by atoms with Gasteiger partial charge in [0.05, 0.1) is 20.0 Å². The van der Waals surface area contributed by atoms with Gasteiger partial charge in [0.15, 0.2) is 0 Å². The lowest BCUT2D eigenvalue weighted by Gasteiger charge is -2.39. The number of aldehydes is 1. The van der Waals surface area contributed by atoms with Crippen LogP contribution in [0.4, 0.5) is 11.4 Å². The average molecular weight is 830 g/mol. The number of rotatable bonds is 19. The van der Waals surface area contributed by atoms with E-state index in [0.717, 1.165) is 64.2 Å². The van der Waals surface area contributed by atoms with Crippen LogP contribution < -0.4 is 9.64 Å². The molecule has 5 aromatic carbocycles. The van der Waals surface area contributed by atoms with Gasteiger partial charge >= 0.3 is 0 Å². The quantitative estimate of drug-likeness (QED) is 0.0462. The van der Waals surface area contributed by atoms with Gasteiger partial charge in [0.2, 0.25) is 0 Å². The first kappa shape index (κ1) is 43.2. The summed E-state index contributed by atoms with van der Waals surface area (Å²) in [6.45, 7) is 11.3. The molecular weight excluding hydrogens is 771 g/mol. The number of unbranched alkanes of at least 4 members (excludes halogenated alkanes) is 3. The van der Waals surface area contributed by atoms with E-state index >= 15 is 0 Å². The summed E-state index contributed by atoms with van der Waals surface area (Å²) < 4.78 is 17.5. The highest BCUT2D eigenvalue weighted by Gasteiger charge is 2.31. The first-order valence-corrected chi connectivity index (χ1v) is 22.7. The van der Waals surface area contributed by atoms with Gasteiger partial charge in [0.1, 0.15) is 23.4 Å². The molecule has 1 unspecified atom stereocenters. The first-order chi connectivity index (χ1) is 29.8. The summed E-state index contributed by atoms with van der Waals surface area (Å²) in [6.07, 6.45) is 9.92. The van der Waals surface area contributed by atoms with Crippen molar-refractivity contribution >= 4 is 40.0 Å². The summed E-state index contributed by atoms with van der Waals surface area (Å²) in [5, 5.41) is 0.988. The number of carbonyl (C=O) groups is 1. The number of hydrogen-bond acceptors (Lipinski definition) is 6. The van der Waals surface area contributed by atoms with Gasteiger partial charge in [-0.15, -0.1) is 11.3 Å². The van der Waals surface area contributed by atoms with Crippen LogP contribution in [0, 0.1) is 11.8 Å². The Labute approximate surface area is 366 Å². The normalized spacial score (nSPS) is 13.2. The van der Waals surface area contributed by atoms with Crippen molar-refractivity contribution in [2.45, 2.75) is 79.2 Å². The highest BCUT2D eigenvalue weighted by Crippen LogP contribution is 2.42. The van der Waals surface area contributed by atoms with Crippen LogP contribution in [0.5, 0.6) is 5.75 Å².